The third-order valence-corrected chi connectivity index (χ3v) is 4.08. The molecule has 0 radical (unpaired) electrons. The van der Waals surface area contributed by atoms with Crippen molar-refractivity contribution in [1.29, 1.82) is 0 Å². The van der Waals surface area contributed by atoms with E-state index in [-0.39, 0.29) is 30.3 Å². The molecule has 0 spiro atoms. The molecule has 2 aliphatic rings. The van der Waals surface area contributed by atoms with E-state index in [1.54, 1.807) is 0 Å². The van der Waals surface area contributed by atoms with E-state index in [0.29, 0.717) is 19.1 Å². The van der Waals surface area contributed by atoms with Crippen LogP contribution < -0.4 is 5.73 Å². The zero-order valence-corrected chi connectivity index (χ0v) is 11.2. The minimum absolute atomic E-state index is 0. The van der Waals surface area contributed by atoms with Gasteiger partial charge in [-0.3, -0.25) is 4.79 Å². The molecule has 1 amide bonds. The summed E-state index contributed by atoms with van der Waals surface area (Å²) < 4.78 is 5.33. The SMILES string of the molecule is CN(C(=O)[C@@H]1CCC[C@@H]1CN)C1CCOC1.Cl. The fraction of sp³-hybridized carbons (Fsp3) is 0.917. The number of likely N-dealkylation sites (N-methyl/N-ethyl adjacent to an activating group) is 1. The zero-order valence-electron chi connectivity index (χ0n) is 10.4. The normalized spacial score (nSPS) is 32.2. The summed E-state index contributed by atoms with van der Waals surface area (Å²) in [6, 6.07) is 0.284. The van der Waals surface area contributed by atoms with Gasteiger partial charge < -0.3 is 15.4 Å². The van der Waals surface area contributed by atoms with E-state index < -0.39 is 0 Å². The van der Waals surface area contributed by atoms with Gasteiger partial charge in [-0.25, -0.2) is 0 Å². The second-order valence-corrected chi connectivity index (χ2v) is 5.00. The molecule has 17 heavy (non-hydrogen) atoms. The lowest BCUT2D eigenvalue weighted by atomic mass is 9.94. The summed E-state index contributed by atoms with van der Waals surface area (Å²) in [6.45, 7) is 2.13. The molecule has 1 saturated heterocycles. The average molecular weight is 263 g/mol. The lowest BCUT2D eigenvalue weighted by molar-refractivity contribution is -0.137. The van der Waals surface area contributed by atoms with Crippen LogP contribution in [0, 0.1) is 11.8 Å². The van der Waals surface area contributed by atoms with E-state index in [1.165, 1.54) is 0 Å². The Hall–Kier alpha value is -0.320. The monoisotopic (exact) mass is 262 g/mol. The predicted octanol–water partition coefficient (Wildman–Crippen LogP) is 1.03. The van der Waals surface area contributed by atoms with E-state index in [4.69, 9.17) is 10.5 Å². The lowest BCUT2D eigenvalue weighted by Crippen LogP contribution is -2.42. The number of hydrogen-bond donors (Lipinski definition) is 1. The number of hydrogen-bond acceptors (Lipinski definition) is 3. The van der Waals surface area contributed by atoms with E-state index in [2.05, 4.69) is 0 Å². The topological polar surface area (TPSA) is 55.6 Å². The minimum Gasteiger partial charge on any atom is -0.379 e. The average Bonchev–Trinajstić information content (AvgIpc) is 2.97. The summed E-state index contributed by atoms with van der Waals surface area (Å²) in [5, 5.41) is 0. The maximum Gasteiger partial charge on any atom is 0.226 e. The van der Waals surface area contributed by atoms with Crippen molar-refractivity contribution in [2.75, 3.05) is 26.8 Å². The van der Waals surface area contributed by atoms with Crippen LogP contribution in [-0.2, 0) is 9.53 Å². The molecular weight excluding hydrogens is 240 g/mol. The summed E-state index contributed by atoms with van der Waals surface area (Å²) in [5.41, 5.74) is 5.72. The molecule has 0 aromatic rings. The highest BCUT2D eigenvalue weighted by Crippen LogP contribution is 2.32. The van der Waals surface area contributed by atoms with Gasteiger partial charge in [0.2, 0.25) is 5.91 Å². The van der Waals surface area contributed by atoms with Crippen molar-refractivity contribution in [2.24, 2.45) is 17.6 Å². The molecule has 1 saturated carbocycles. The first-order chi connectivity index (χ1) is 7.74. The molecule has 2 rings (SSSR count). The molecular formula is C12H23ClN2O2. The van der Waals surface area contributed by atoms with Crippen LogP contribution in [-0.4, -0.2) is 43.7 Å². The fourth-order valence-electron chi connectivity index (χ4n) is 2.91. The Kier molecular flexibility index (Phi) is 5.70. The maximum absolute atomic E-state index is 12.3. The van der Waals surface area contributed by atoms with E-state index in [0.717, 1.165) is 32.3 Å². The van der Waals surface area contributed by atoms with Gasteiger partial charge >= 0.3 is 0 Å². The summed E-state index contributed by atoms with van der Waals surface area (Å²) in [6.07, 6.45) is 4.25. The van der Waals surface area contributed by atoms with Gasteiger partial charge in [0, 0.05) is 19.6 Å². The number of nitrogens with two attached hydrogens (primary N) is 1. The first-order valence-corrected chi connectivity index (χ1v) is 6.28. The summed E-state index contributed by atoms with van der Waals surface area (Å²) >= 11 is 0. The fourth-order valence-corrected chi connectivity index (χ4v) is 2.91. The predicted molar refractivity (Wildman–Crippen MR) is 69.1 cm³/mol. The first kappa shape index (κ1) is 14.7. The van der Waals surface area contributed by atoms with E-state index in [9.17, 15) is 4.79 Å². The quantitative estimate of drug-likeness (QED) is 0.827. The third-order valence-electron chi connectivity index (χ3n) is 4.08. The van der Waals surface area contributed by atoms with Crippen LogP contribution in [0.1, 0.15) is 25.7 Å². The highest BCUT2D eigenvalue weighted by molar-refractivity contribution is 5.85. The molecule has 1 aliphatic heterocycles. The smallest absolute Gasteiger partial charge is 0.226 e. The van der Waals surface area contributed by atoms with Crippen molar-refractivity contribution in [3.63, 3.8) is 0 Å². The zero-order chi connectivity index (χ0) is 11.5. The van der Waals surface area contributed by atoms with E-state index in [1.807, 2.05) is 11.9 Å². The molecule has 2 fully saturated rings. The Balaban J connectivity index is 0.00000144. The van der Waals surface area contributed by atoms with Crippen molar-refractivity contribution in [1.82, 2.24) is 4.90 Å². The largest absolute Gasteiger partial charge is 0.379 e. The third kappa shape index (κ3) is 3.12. The van der Waals surface area contributed by atoms with E-state index >= 15 is 0 Å². The Bertz CT molecular complexity index is 257. The Morgan fingerprint density at radius 2 is 2.18 bits per heavy atom. The Labute approximate surface area is 109 Å². The summed E-state index contributed by atoms with van der Waals surface area (Å²) in [5.74, 6) is 0.844. The van der Waals surface area contributed by atoms with Gasteiger partial charge in [-0.15, -0.1) is 12.4 Å². The van der Waals surface area contributed by atoms with Gasteiger partial charge in [-0.1, -0.05) is 6.42 Å². The number of rotatable bonds is 3. The number of carbonyl (C=O) groups excluding carboxylic acids is 1. The van der Waals surface area contributed by atoms with Crippen LogP contribution in [0.15, 0.2) is 0 Å². The van der Waals surface area contributed by atoms with Crippen molar-refractivity contribution in [3.05, 3.63) is 0 Å². The molecule has 4 nitrogen and oxygen atoms in total. The van der Waals surface area contributed by atoms with Crippen molar-refractivity contribution < 1.29 is 9.53 Å². The number of ether oxygens (including phenoxy) is 1. The lowest BCUT2D eigenvalue weighted by Gasteiger charge is -2.28. The highest BCUT2D eigenvalue weighted by atomic mass is 35.5. The summed E-state index contributed by atoms with van der Waals surface area (Å²) in [7, 11) is 1.91. The molecule has 3 atom stereocenters. The van der Waals surface area contributed by atoms with Gasteiger partial charge in [-0.2, -0.15) is 0 Å². The van der Waals surface area contributed by atoms with Crippen LogP contribution >= 0.6 is 12.4 Å². The molecule has 0 aromatic heterocycles. The van der Waals surface area contributed by atoms with Crippen LogP contribution in [0.4, 0.5) is 0 Å². The van der Waals surface area contributed by atoms with Crippen molar-refractivity contribution in [2.45, 2.75) is 31.7 Å². The second kappa shape index (κ2) is 6.57. The van der Waals surface area contributed by atoms with Crippen molar-refractivity contribution in [3.8, 4) is 0 Å². The van der Waals surface area contributed by atoms with Crippen LogP contribution in [0.5, 0.6) is 0 Å². The van der Waals surface area contributed by atoms with Gasteiger partial charge in [0.25, 0.3) is 0 Å². The van der Waals surface area contributed by atoms with Crippen molar-refractivity contribution >= 4 is 18.3 Å². The van der Waals surface area contributed by atoms with Gasteiger partial charge in [0.15, 0.2) is 0 Å². The van der Waals surface area contributed by atoms with Crippen LogP contribution in [0.2, 0.25) is 0 Å². The Morgan fingerprint density at radius 1 is 1.41 bits per heavy atom. The number of halogens is 1. The first-order valence-electron chi connectivity index (χ1n) is 6.28. The highest BCUT2D eigenvalue weighted by Gasteiger charge is 2.36. The number of carbonyl (C=O) groups is 1. The maximum atomic E-state index is 12.3. The molecule has 0 aromatic carbocycles. The van der Waals surface area contributed by atoms with Crippen LogP contribution in [0.25, 0.3) is 0 Å². The molecule has 1 aliphatic carbocycles. The number of amides is 1. The van der Waals surface area contributed by atoms with Gasteiger partial charge in [0.05, 0.1) is 12.6 Å². The molecule has 1 heterocycles. The second-order valence-electron chi connectivity index (χ2n) is 5.00. The molecule has 1 unspecified atom stereocenters. The standard InChI is InChI=1S/C12H22N2O2.ClH/c1-14(10-5-6-16-8-10)12(15)11-4-2-3-9(11)7-13;/h9-11H,2-8,13H2,1H3;1H/t9-,10?,11-;/m1./s1. The molecule has 0 bridgehead atoms. The molecule has 100 valence electrons. The number of nitrogens with zero attached hydrogens (tertiary/aromatic N) is 1. The molecule has 5 heteroatoms. The minimum atomic E-state index is 0. The van der Waals surface area contributed by atoms with Gasteiger partial charge in [-0.05, 0) is 31.7 Å². The van der Waals surface area contributed by atoms with Crippen LogP contribution in [0.3, 0.4) is 0 Å². The molecule has 2 N–H and O–H groups in total. The Morgan fingerprint density at radius 3 is 2.76 bits per heavy atom. The van der Waals surface area contributed by atoms with Gasteiger partial charge in [0.1, 0.15) is 0 Å². The summed E-state index contributed by atoms with van der Waals surface area (Å²) in [4.78, 5) is 14.2.